The first-order chi connectivity index (χ1) is 13.0. The SMILES string of the molecule is COC(=O)CCC1CC(C(CC(C)C)NC(=O)OCc2ccccc2)=NO1. The monoisotopic (exact) mass is 376 g/mol. The summed E-state index contributed by atoms with van der Waals surface area (Å²) in [6.07, 6.45) is 1.47. The lowest BCUT2D eigenvalue weighted by Crippen LogP contribution is -2.41. The molecule has 0 spiro atoms. The van der Waals surface area contributed by atoms with Crippen molar-refractivity contribution in [2.75, 3.05) is 7.11 Å². The van der Waals surface area contributed by atoms with Crippen molar-refractivity contribution >= 4 is 17.8 Å². The number of carbonyl (C=O) groups is 2. The number of carbonyl (C=O) groups excluding carboxylic acids is 2. The second kappa shape index (κ2) is 10.5. The minimum Gasteiger partial charge on any atom is -0.469 e. The Balaban J connectivity index is 1.85. The molecular formula is C20H28N2O5. The van der Waals surface area contributed by atoms with Gasteiger partial charge in [0.05, 0.1) is 18.9 Å². The number of nitrogens with one attached hydrogen (secondary N) is 1. The van der Waals surface area contributed by atoms with Gasteiger partial charge in [0.15, 0.2) is 0 Å². The molecule has 1 aliphatic heterocycles. The average molecular weight is 376 g/mol. The van der Waals surface area contributed by atoms with E-state index in [0.717, 1.165) is 17.7 Å². The topological polar surface area (TPSA) is 86.2 Å². The lowest BCUT2D eigenvalue weighted by atomic mass is 9.96. The summed E-state index contributed by atoms with van der Waals surface area (Å²) in [5.41, 5.74) is 1.70. The molecule has 1 amide bonds. The van der Waals surface area contributed by atoms with Gasteiger partial charge in [-0.2, -0.15) is 0 Å². The molecule has 0 radical (unpaired) electrons. The van der Waals surface area contributed by atoms with Crippen LogP contribution in [-0.4, -0.2) is 37.0 Å². The predicted octanol–water partition coefficient (Wildman–Crippen LogP) is 3.43. The first-order valence-electron chi connectivity index (χ1n) is 9.24. The number of nitrogens with zero attached hydrogens (tertiary/aromatic N) is 1. The molecule has 148 valence electrons. The highest BCUT2D eigenvalue weighted by molar-refractivity contribution is 5.92. The molecule has 1 aliphatic rings. The summed E-state index contributed by atoms with van der Waals surface area (Å²) >= 11 is 0. The normalized spacial score (nSPS) is 17.0. The van der Waals surface area contributed by atoms with Crippen LogP contribution < -0.4 is 5.32 Å². The molecule has 0 aliphatic carbocycles. The fraction of sp³-hybridized carbons (Fsp3) is 0.550. The van der Waals surface area contributed by atoms with Crippen LogP contribution in [0.2, 0.25) is 0 Å². The Morgan fingerprint density at radius 2 is 2.04 bits per heavy atom. The van der Waals surface area contributed by atoms with Gasteiger partial charge in [0, 0.05) is 12.8 Å². The van der Waals surface area contributed by atoms with Gasteiger partial charge < -0.3 is 19.6 Å². The van der Waals surface area contributed by atoms with Gasteiger partial charge >= 0.3 is 12.1 Å². The van der Waals surface area contributed by atoms with E-state index in [2.05, 4.69) is 29.1 Å². The molecule has 2 rings (SSSR count). The molecule has 1 aromatic rings. The highest BCUT2D eigenvalue weighted by atomic mass is 16.6. The van der Waals surface area contributed by atoms with E-state index in [-0.39, 0.29) is 31.1 Å². The fourth-order valence-corrected chi connectivity index (χ4v) is 2.85. The zero-order valence-corrected chi connectivity index (χ0v) is 16.1. The van der Waals surface area contributed by atoms with Gasteiger partial charge in [0.2, 0.25) is 0 Å². The summed E-state index contributed by atoms with van der Waals surface area (Å²) in [4.78, 5) is 28.9. The number of rotatable bonds is 9. The van der Waals surface area contributed by atoms with Gasteiger partial charge in [-0.1, -0.05) is 49.3 Å². The van der Waals surface area contributed by atoms with Gasteiger partial charge in [0.1, 0.15) is 12.7 Å². The average Bonchev–Trinajstić information content (AvgIpc) is 3.13. The summed E-state index contributed by atoms with van der Waals surface area (Å²) in [6.45, 7) is 4.37. The largest absolute Gasteiger partial charge is 0.469 e. The second-order valence-corrected chi connectivity index (χ2v) is 7.02. The number of alkyl carbamates (subject to hydrolysis) is 1. The maximum atomic E-state index is 12.2. The molecule has 2 atom stereocenters. The summed E-state index contributed by atoms with van der Waals surface area (Å²) in [5.74, 6) is 0.0923. The Bertz CT molecular complexity index is 645. The molecular weight excluding hydrogens is 348 g/mol. The summed E-state index contributed by atoms with van der Waals surface area (Å²) in [7, 11) is 1.36. The molecule has 1 heterocycles. The number of amides is 1. The molecule has 0 fully saturated rings. The van der Waals surface area contributed by atoms with E-state index in [1.54, 1.807) is 0 Å². The van der Waals surface area contributed by atoms with Crippen molar-refractivity contribution in [1.82, 2.24) is 5.32 Å². The van der Waals surface area contributed by atoms with Gasteiger partial charge in [0.25, 0.3) is 0 Å². The van der Waals surface area contributed by atoms with Gasteiger partial charge in [-0.3, -0.25) is 4.79 Å². The third kappa shape index (κ3) is 7.29. The highest BCUT2D eigenvalue weighted by Crippen LogP contribution is 2.20. The highest BCUT2D eigenvalue weighted by Gasteiger charge is 2.29. The minimum atomic E-state index is -0.481. The fourth-order valence-electron chi connectivity index (χ4n) is 2.85. The molecule has 0 bridgehead atoms. The van der Waals surface area contributed by atoms with E-state index in [9.17, 15) is 9.59 Å². The molecule has 7 heteroatoms. The minimum absolute atomic E-state index is 0.170. The van der Waals surface area contributed by atoms with Crippen LogP contribution in [0.15, 0.2) is 35.5 Å². The predicted molar refractivity (Wildman–Crippen MR) is 101 cm³/mol. The Hall–Kier alpha value is -2.57. The van der Waals surface area contributed by atoms with Crippen LogP contribution in [0.1, 0.15) is 45.1 Å². The zero-order chi connectivity index (χ0) is 19.6. The Morgan fingerprint density at radius 3 is 2.70 bits per heavy atom. The van der Waals surface area contributed by atoms with Gasteiger partial charge in [-0.15, -0.1) is 0 Å². The molecule has 27 heavy (non-hydrogen) atoms. The van der Waals surface area contributed by atoms with Crippen LogP contribution in [-0.2, 0) is 25.7 Å². The van der Waals surface area contributed by atoms with E-state index >= 15 is 0 Å². The number of methoxy groups -OCH3 is 1. The van der Waals surface area contributed by atoms with Crippen LogP contribution in [0.5, 0.6) is 0 Å². The number of esters is 1. The van der Waals surface area contributed by atoms with E-state index in [1.807, 2.05) is 30.3 Å². The van der Waals surface area contributed by atoms with E-state index in [0.29, 0.717) is 18.8 Å². The molecule has 0 saturated carbocycles. The lowest BCUT2D eigenvalue weighted by Gasteiger charge is -2.20. The van der Waals surface area contributed by atoms with E-state index in [1.165, 1.54) is 7.11 Å². The number of ether oxygens (including phenoxy) is 2. The molecule has 7 nitrogen and oxygen atoms in total. The van der Waals surface area contributed by atoms with E-state index < -0.39 is 6.09 Å². The first-order valence-corrected chi connectivity index (χ1v) is 9.24. The summed E-state index contributed by atoms with van der Waals surface area (Å²) < 4.78 is 9.96. The van der Waals surface area contributed by atoms with Crippen LogP contribution in [0.25, 0.3) is 0 Å². The summed E-state index contributed by atoms with van der Waals surface area (Å²) in [6, 6.07) is 9.27. The third-order valence-corrected chi connectivity index (χ3v) is 4.27. The van der Waals surface area contributed by atoms with Crippen molar-refractivity contribution in [2.24, 2.45) is 11.1 Å². The van der Waals surface area contributed by atoms with Crippen molar-refractivity contribution in [1.29, 1.82) is 0 Å². The second-order valence-electron chi connectivity index (χ2n) is 7.02. The molecule has 0 saturated heterocycles. The molecule has 0 aromatic heterocycles. The van der Waals surface area contributed by atoms with Gasteiger partial charge in [-0.25, -0.2) is 4.79 Å². The quantitative estimate of drug-likeness (QED) is 0.667. The van der Waals surface area contributed by atoms with E-state index in [4.69, 9.17) is 9.57 Å². The van der Waals surface area contributed by atoms with Crippen molar-refractivity contribution in [3.63, 3.8) is 0 Å². The maximum Gasteiger partial charge on any atom is 0.407 e. The first kappa shape index (κ1) is 20.7. The van der Waals surface area contributed by atoms with Gasteiger partial charge in [-0.05, 0) is 24.3 Å². The standard InChI is InChI=1S/C20H28N2O5/c1-14(2)11-17(18-12-16(27-22-18)9-10-19(23)25-3)21-20(24)26-13-15-7-5-4-6-8-15/h4-8,14,16-17H,9-13H2,1-3H3,(H,21,24). The van der Waals surface area contributed by atoms with Crippen LogP contribution >= 0.6 is 0 Å². The van der Waals surface area contributed by atoms with Crippen LogP contribution in [0.4, 0.5) is 4.79 Å². The lowest BCUT2D eigenvalue weighted by molar-refractivity contribution is -0.141. The Morgan fingerprint density at radius 1 is 1.30 bits per heavy atom. The Labute approximate surface area is 160 Å². The van der Waals surface area contributed by atoms with Crippen LogP contribution in [0, 0.1) is 5.92 Å². The smallest absolute Gasteiger partial charge is 0.407 e. The van der Waals surface area contributed by atoms with Crippen molar-refractivity contribution in [3.8, 4) is 0 Å². The zero-order valence-electron chi connectivity index (χ0n) is 16.1. The maximum absolute atomic E-state index is 12.2. The Kier molecular flexibility index (Phi) is 8.10. The van der Waals surface area contributed by atoms with Crippen molar-refractivity contribution in [3.05, 3.63) is 35.9 Å². The number of hydrogen-bond acceptors (Lipinski definition) is 6. The molecule has 2 unspecified atom stereocenters. The van der Waals surface area contributed by atoms with Crippen molar-refractivity contribution < 1.29 is 23.9 Å². The van der Waals surface area contributed by atoms with Crippen LogP contribution in [0.3, 0.4) is 0 Å². The molecule has 1 N–H and O–H groups in total. The number of oxime groups is 1. The molecule has 1 aromatic carbocycles. The van der Waals surface area contributed by atoms with Crippen molar-refractivity contribution in [2.45, 2.75) is 58.3 Å². The number of benzene rings is 1. The number of hydrogen-bond donors (Lipinski definition) is 1. The third-order valence-electron chi connectivity index (χ3n) is 4.27. The summed E-state index contributed by atoms with van der Waals surface area (Å²) in [5, 5.41) is 7.03.